The summed E-state index contributed by atoms with van der Waals surface area (Å²) in [6.45, 7) is 4.14. The number of carbonyl (C=O) groups is 2. The van der Waals surface area contributed by atoms with E-state index >= 15 is 0 Å². The molecule has 1 atom stereocenters. The highest BCUT2D eigenvalue weighted by Crippen LogP contribution is 2.26. The van der Waals surface area contributed by atoms with Gasteiger partial charge in [-0.1, -0.05) is 13.0 Å². The van der Waals surface area contributed by atoms with E-state index in [1.54, 1.807) is 0 Å². The van der Waals surface area contributed by atoms with Gasteiger partial charge in [0.2, 0.25) is 0 Å². The van der Waals surface area contributed by atoms with E-state index in [0.29, 0.717) is 19.5 Å². The molecule has 0 radical (unpaired) electrons. The average Bonchev–Trinajstić information content (AvgIpc) is 2.85. The highest BCUT2D eigenvalue weighted by Gasteiger charge is 2.19. The van der Waals surface area contributed by atoms with Gasteiger partial charge in [-0.25, -0.2) is 4.79 Å². The van der Waals surface area contributed by atoms with Crippen LogP contribution in [-0.2, 0) is 9.53 Å². The molecular weight excluding hydrogens is 266 g/mol. The van der Waals surface area contributed by atoms with Crippen molar-refractivity contribution in [2.24, 2.45) is 0 Å². The Bertz CT molecular complexity index is 405. The summed E-state index contributed by atoms with van der Waals surface area (Å²) in [5.74, 6) is -0.351. The zero-order chi connectivity index (χ0) is 14.3. The second-order valence-corrected chi connectivity index (χ2v) is 5.15. The van der Waals surface area contributed by atoms with Gasteiger partial charge in [0.15, 0.2) is 0 Å². The van der Waals surface area contributed by atoms with E-state index in [9.17, 15) is 9.59 Å². The molecule has 0 saturated heterocycles. The molecule has 1 rings (SSSR count). The van der Waals surface area contributed by atoms with Crippen LogP contribution in [0.1, 0.15) is 37.7 Å². The number of amides is 1. The molecule has 5 nitrogen and oxygen atoms in total. The summed E-state index contributed by atoms with van der Waals surface area (Å²) in [6.07, 6.45) is -0.0542. The molecule has 0 aliphatic rings. The molecule has 0 spiro atoms. The first-order valence-corrected chi connectivity index (χ1v) is 7.11. The van der Waals surface area contributed by atoms with E-state index in [1.807, 2.05) is 24.4 Å². The first-order chi connectivity index (χ1) is 9.04. The predicted octanol–water partition coefficient (Wildman–Crippen LogP) is 3.13. The summed E-state index contributed by atoms with van der Waals surface area (Å²) < 4.78 is 5.25. The number of hydrogen-bond donors (Lipinski definition) is 1. The average molecular weight is 285 g/mol. The highest BCUT2D eigenvalue weighted by molar-refractivity contribution is 7.10. The Balaban J connectivity index is 2.62. The lowest BCUT2D eigenvalue weighted by Gasteiger charge is -2.22. The van der Waals surface area contributed by atoms with Crippen LogP contribution in [0.4, 0.5) is 4.79 Å². The van der Waals surface area contributed by atoms with Crippen LogP contribution in [0.2, 0.25) is 0 Å². The van der Waals surface area contributed by atoms with Crippen molar-refractivity contribution in [3.8, 4) is 0 Å². The molecule has 0 fully saturated rings. The number of nitrogens with zero attached hydrogens (tertiary/aromatic N) is 1. The van der Waals surface area contributed by atoms with E-state index in [2.05, 4.69) is 0 Å². The fourth-order valence-electron chi connectivity index (χ4n) is 1.78. The lowest BCUT2D eigenvalue weighted by molar-refractivity contribution is -0.147. The van der Waals surface area contributed by atoms with Gasteiger partial charge < -0.3 is 14.7 Å². The van der Waals surface area contributed by atoms with Crippen LogP contribution in [0.15, 0.2) is 17.5 Å². The molecule has 0 bridgehead atoms. The minimum Gasteiger partial charge on any atom is -0.465 e. The zero-order valence-corrected chi connectivity index (χ0v) is 12.0. The molecule has 0 aliphatic heterocycles. The Morgan fingerprint density at radius 3 is 2.68 bits per heavy atom. The van der Waals surface area contributed by atoms with Gasteiger partial charge in [-0.3, -0.25) is 4.79 Å². The summed E-state index contributed by atoms with van der Waals surface area (Å²) in [7, 11) is 0. The maximum absolute atomic E-state index is 11.1. The molecular formula is C13H19NO4S. The highest BCUT2D eigenvalue weighted by atomic mass is 32.1. The van der Waals surface area contributed by atoms with Gasteiger partial charge in [0.25, 0.3) is 0 Å². The van der Waals surface area contributed by atoms with Crippen molar-refractivity contribution in [2.75, 3.05) is 13.1 Å². The van der Waals surface area contributed by atoms with Crippen LogP contribution in [0.25, 0.3) is 0 Å². The second-order valence-electron chi connectivity index (χ2n) is 4.17. The van der Waals surface area contributed by atoms with Crippen LogP contribution in [0, 0.1) is 0 Å². The van der Waals surface area contributed by atoms with Crippen molar-refractivity contribution in [1.29, 1.82) is 0 Å². The van der Waals surface area contributed by atoms with Crippen LogP contribution in [0.5, 0.6) is 0 Å². The topological polar surface area (TPSA) is 66.8 Å². The third-order valence-corrected chi connectivity index (χ3v) is 3.56. The third kappa shape index (κ3) is 5.30. The molecule has 1 aromatic rings. The molecule has 6 heteroatoms. The molecule has 0 saturated carbocycles. The van der Waals surface area contributed by atoms with Gasteiger partial charge in [-0.2, -0.15) is 0 Å². The van der Waals surface area contributed by atoms with Crippen molar-refractivity contribution in [1.82, 2.24) is 4.90 Å². The SMILES string of the molecule is CCCN(CCC(OC(C)=O)c1cccs1)C(=O)O. The molecule has 1 N–H and O–H groups in total. The number of thiophene rings is 1. The number of carboxylic acid groups (broad SMARTS) is 1. The number of hydrogen-bond acceptors (Lipinski definition) is 4. The summed E-state index contributed by atoms with van der Waals surface area (Å²) in [4.78, 5) is 24.4. The summed E-state index contributed by atoms with van der Waals surface area (Å²) in [5, 5.41) is 11.0. The van der Waals surface area contributed by atoms with E-state index in [4.69, 9.17) is 9.84 Å². The van der Waals surface area contributed by atoms with Gasteiger partial charge in [0, 0.05) is 31.3 Å². The number of esters is 1. The smallest absolute Gasteiger partial charge is 0.407 e. The second kappa shape index (κ2) is 7.78. The minimum absolute atomic E-state index is 0.351. The van der Waals surface area contributed by atoms with Crippen LogP contribution >= 0.6 is 11.3 Å². The normalized spacial score (nSPS) is 11.9. The van der Waals surface area contributed by atoms with Crippen molar-refractivity contribution in [2.45, 2.75) is 32.8 Å². The summed E-state index contributed by atoms with van der Waals surface area (Å²) in [6, 6.07) is 3.78. The lowest BCUT2D eigenvalue weighted by atomic mass is 10.2. The van der Waals surface area contributed by atoms with Crippen molar-refractivity contribution < 1.29 is 19.4 Å². The Labute approximate surface area is 116 Å². The Hall–Kier alpha value is -1.56. The monoisotopic (exact) mass is 285 g/mol. The Morgan fingerprint density at radius 1 is 1.47 bits per heavy atom. The fraction of sp³-hybridized carbons (Fsp3) is 0.538. The van der Waals surface area contributed by atoms with Gasteiger partial charge in [-0.15, -0.1) is 11.3 Å². The molecule has 1 unspecified atom stereocenters. The molecule has 0 aliphatic carbocycles. The summed E-state index contributed by atoms with van der Waals surface area (Å²) in [5.41, 5.74) is 0. The molecule has 106 valence electrons. The maximum Gasteiger partial charge on any atom is 0.407 e. The molecule has 1 amide bonds. The predicted molar refractivity (Wildman–Crippen MR) is 73.3 cm³/mol. The van der Waals surface area contributed by atoms with Crippen molar-refractivity contribution in [3.05, 3.63) is 22.4 Å². The van der Waals surface area contributed by atoms with Crippen LogP contribution < -0.4 is 0 Å². The molecule has 1 heterocycles. The first-order valence-electron chi connectivity index (χ1n) is 6.23. The van der Waals surface area contributed by atoms with Gasteiger partial charge >= 0.3 is 12.1 Å². The van der Waals surface area contributed by atoms with E-state index in [0.717, 1.165) is 11.3 Å². The van der Waals surface area contributed by atoms with Crippen molar-refractivity contribution in [3.63, 3.8) is 0 Å². The maximum atomic E-state index is 11.1. The number of ether oxygens (including phenoxy) is 1. The fourth-order valence-corrected chi connectivity index (χ4v) is 2.57. The van der Waals surface area contributed by atoms with Crippen LogP contribution in [-0.4, -0.2) is 35.2 Å². The van der Waals surface area contributed by atoms with Crippen LogP contribution in [0.3, 0.4) is 0 Å². The van der Waals surface area contributed by atoms with Crippen molar-refractivity contribution >= 4 is 23.4 Å². The quantitative estimate of drug-likeness (QED) is 0.782. The van der Waals surface area contributed by atoms with Gasteiger partial charge in [0.1, 0.15) is 6.10 Å². The Kier molecular flexibility index (Phi) is 6.35. The van der Waals surface area contributed by atoms with Gasteiger partial charge in [-0.05, 0) is 17.9 Å². The molecule has 0 aromatic carbocycles. The van der Waals surface area contributed by atoms with E-state index < -0.39 is 6.09 Å². The van der Waals surface area contributed by atoms with Gasteiger partial charge in [0.05, 0.1) is 0 Å². The molecule has 1 aromatic heterocycles. The molecule has 19 heavy (non-hydrogen) atoms. The minimum atomic E-state index is -0.936. The summed E-state index contributed by atoms with van der Waals surface area (Å²) >= 11 is 1.50. The number of carbonyl (C=O) groups excluding carboxylic acids is 1. The van der Waals surface area contributed by atoms with E-state index in [1.165, 1.54) is 23.2 Å². The lowest BCUT2D eigenvalue weighted by Crippen LogP contribution is -2.32. The zero-order valence-electron chi connectivity index (χ0n) is 11.2. The van der Waals surface area contributed by atoms with E-state index in [-0.39, 0.29) is 12.1 Å². The standard InChI is InChI=1S/C13H19NO4S/c1-3-7-14(13(16)17)8-6-11(18-10(2)15)12-5-4-9-19-12/h4-5,9,11H,3,6-8H2,1-2H3,(H,16,17). The Morgan fingerprint density at radius 2 is 2.21 bits per heavy atom. The third-order valence-electron chi connectivity index (χ3n) is 2.59. The first kappa shape index (κ1) is 15.5. The largest absolute Gasteiger partial charge is 0.465 e. The number of rotatable bonds is 7.